The lowest BCUT2D eigenvalue weighted by Gasteiger charge is -2.15. The number of carboxylic acid groups (broad SMARTS) is 1. The lowest BCUT2D eigenvalue weighted by molar-refractivity contribution is 0.0692. The number of nitrogens with one attached hydrogen (secondary N) is 1. The van der Waals surface area contributed by atoms with Crippen LogP contribution in [0.3, 0.4) is 0 Å². The molecule has 2 aromatic carbocycles. The van der Waals surface area contributed by atoms with Gasteiger partial charge in [-0.1, -0.05) is 24.3 Å². The van der Waals surface area contributed by atoms with Crippen molar-refractivity contribution in [2.45, 2.75) is 0 Å². The Kier molecular flexibility index (Phi) is 4.75. The molecule has 2 aromatic rings. The number of rotatable bonds is 4. The normalized spacial score (nSPS) is 10.0. The van der Waals surface area contributed by atoms with Crippen molar-refractivity contribution < 1.29 is 19.5 Å². The molecule has 0 bridgehead atoms. The van der Waals surface area contributed by atoms with Crippen LogP contribution < -0.4 is 5.32 Å². The van der Waals surface area contributed by atoms with Gasteiger partial charge in [0, 0.05) is 14.1 Å². The summed E-state index contributed by atoms with van der Waals surface area (Å²) in [6.07, 6.45) is 0. The van der Waals surface area contributed by atoms with Crippen LogP contribution in [0.15, 0.2) is 48.5 Å². The van der Waals surface area contributed by atoms with Crippen molar-refractivity contribution in [1.29, 1.82) is 0 Å². The van der Waals surface area contributed by atoms with Gasteiger partial charge in [-0.25, -0.2) is 4.79 Å². The molecule has 0 saturated heterocycles. The first-order valence-corrected chi connectivity index (χ1v) is 6.86. The molecule has 0 aliphatic carbocycles. The molecule has 6 nitrogen and oxygen atoms in total. The maximum atomic E-state index is 12.4. The van der Waals surface area contributed by atoms with Gasteiger partial charge in [0.15, 0.2) is 0 Å². The fourth-order valence-corrected chi connectivity index (χ4v) is 2.08. The molecule has 0 spiro atoms. The molecule has 118 valence electrons. The van der Waals surface area contributed by atoms with Gasteiger partial charge in [-0.15, -0.1) is 0 Å². The summed E-state index contributed by atoms with van der Waals surface area (Å²) in [5, 5.41) is 11.8. The number of nitrogens with zero attached hydrogens (tertiary/aromatic N) is 1. The van der Waals surface area contributed by atoms with Crippen molar-refractivity contribution in [3.8, 4) is 0 Å². The van der Waals surface area contributed by atoms with Crippen LogP contribution in [0.2, 0.25) is 0 Å². The minimum Gasteiger partial charge on any atom is -0.478 e. The van der Waals surface area contributed by atoms with E-state index < -0.39 is 11.9 Å². The molecule has 0 atom stereocenters. The number of hydrogen-bond donors (Lipinski definition) is 2. The molecule has 2 N–H and O–H groups in total. The fraction of sp³-hybridized carbons (Fsp3) is 0.118. The average molecular weight is 312 g/mol. The van der Waals surface area contributed by atoms with Gasteiger partial charge in [0.25, 0.3) is 11.8 Å². The number of anilines is 1. The Balaban J connectivity index is 2.36. The second-order valence-corrected chi connectivity index (χ2v) is 5.05. The van der Waals surface area contributed by atoms with Crippen LogP contribution in [0.1, 0.15) is 31.1 Å². The van der Waals surface area contributed by atoms with E-state index in [-0.39, 0.29) is 17.0 Å². The first-order valence-electron chi connectivity index (χ1n) is 6.86. The van der Waals surface area contributed by atoms with Crippen LogP contribution in [0.25, 0.3) is 0 Å². The Morgan fingerprint density at radius 2 is 1.39 bits per heavy atom. The summed E-state index contributed by atoms with van der Waals surface area (Å²) in [4.78, 5) is 37.1. The summed E-state index contributed by atoms with van der Waals surface area (Å²) in [5.74, 6) is -2.03. The molecule has 6 heteroatoms. The highest BCUT2D eigenvalue weighted by Crippen LogP contribution is 2.19. The molecule has 0 unspecified atom stereocenters. The van der Waals surface area contributed by atoms with E-state index in [4.69, 9.17) is 5.11 Å². The van der Waals surface area contributed by atoms with Crippen molar-refractivity contribution in [2.24, 2.45) is 0 Å². The number of benzene rings is 2. The Bertz CT molecular complexity index is 769. The maximum absolute atomic E-state index is 12.4. The standard InChI is InChI=1S/C17H16N2O4/c1-19(2)16(21)13-9-5-6-10-14(13)18-15(20)11-7-3-4-8-12(11)17(22)23/h3-10H,1-2H3,(H,18,20)(H,22,23). The van der Waals surface area contributed by atoms with Crippen LogP contribution in [-0.4, -0.2) is 41.9 Å². The van der Waals surface area contributed by atoms with Crippen LogP contribution >= 0.6 is 0 Å². The predicted octanol–water partition coefficient (Wildman–Crippen LogP) is 2.34. The summed E-state index contributed by atoms with van der Waals surface area (Å²) in [6, 6.07) is 12.5. The molecule has 0 fully saturated rings. The Morgan fingerprint density at radius 3 is 1.96 bits per heavy atom. The van der Waals surface area contributed by atoms with E-state index in [1.54, 1.807) is 50.5 Å². The molecule has 0 saturated carbocycles. The lowest BCUT2D eigenvalue weighted by Crippen LogP contribution is -2.24. The van der Waals surface area contributed by atoms with Crippen molar-refractivity contribution in [3.05, 3.63) is 65.2 Å². The minimum atomic E-state index is -1.19. The highest BCUT2D eigenvalue weighted by molar-refractivity contribution is 6.12. The van der Waals surface area contributed by atoms with Gasteiger partial charge < -0.3 is 15.3 Å². The van der Waals surface area contributed by atoms with E-state index in [2.05, 4.69) is 5.32 Å². The molecule has 0 heterocycles. The van der Waals surface area contributed by atoms with Gasteiger partial charge in [0.05, 0.1) is 22.4 Å². The number of aromatic carboxylic acids is 1. The van der Waals surface area contributed by atoms with Crippen LogP contribution in [0, 0.1) is 0 Å². The van der Waals surface area contributed by atoms with Crippen molar-refractivity contribution >= 4 is 23.5 Å². The van der Waals surface area contributed by atoms with Gasteiger partial charge in [-0.05, 0) is 24.3 Å². The molecular formula is C17H16N2O4. The van der Waals surface area contributed by atoms with Crippen LogP contribution in [0.5, 0.6) is 0 Å². The molecule has 0 radical (unpaired) electrons. The monoisotopic (exact) mass is 312 g/mol. The molecule has 2 rings (SSSR count). The molecule has 2 amide bonds. The van der Waals surface area contributed by atoms with E-state index >= 15 is 0 Å². The predicted molar refractivity (Wildman–Crippen MR) is 85.8 cm³/mol. The molecule has 0 aliphatic rings. The van der Waals surface area contributed by atoms with Crippen molar-refractivity contribution in [3.63, 3.8) is 0 Å². The Morgan fingerprint density at radius 1 is 0.870 bits per heavy atom. The zero-order valence-electron chi connectivity index (χ0n) is 12.7. The van der Waals surface area contributed by atoms with Gasteiger partial charge in [-0.2, -0.15) is 0 Å². The number of amides is 2. The lowest BCUT2D eigenvalue weighted by atomic mass is 10.1. The zero-order chi connectivity index (χ0) is 17.0. The van der Waals surface area contributed by atoms with Crippen LogP contribution in [-0.2, 0) is 0 Å². The zero-order valence-corrected chi connectivity index (χ0v) is 12.7. The third-order valence-corrected chi connectivity index (χ3v) is 3.21. The quantitative estimate of drug-likeness (QED) is 0.907. The van der Waals surface area contributed by atoms with Gasteiger partial charge in [-0.3, -0.25) is 9.59 Å². The number of carbonyl (C=O) groups is 3. The number of hydrogen-bond acceptors (Lipinski definition) is 3. The smallest absolute Gasteiger partial charge is 0.336 e. The first kappa shape index (κ1) is 16.2. The SMILES string of the molecule is CN(C)C(=O)c1ccccc1NC(=O)c1ccccc1C(=O)O. The summed E-state index contributed by atoms with van der Waals surface area (Å²) in [5.41, 5.74) is 0.601. The summed E-state index contributed by atoms with van der Waals surface area (Å²) >= 11 is 0. The summed E-state index contributed by atoms with van der Waals surface area (Å²) in [6.45, 7) is 0. The molecular weight excluding hydrogens is 296 g/mol. The van der Waals surface area contributed by atoms with Gasteiger partial charge >= 0.3 is 5.97 Å². The van der Waals surface area contributed by atoms with E-state index in [1.807, 2.05) is 0 Å². The number of carbonyl (C=O) groups excluding carboxylic acids is 2. The van der Waals surface area contributed by atoms with E-state index in [0.717, 1.165) is 0 Å². The third kappa shape index (κ3) is 3.55. The molecule has 23 heavy (non-hydrogen) atoms. The topological polar surface area (TPSA) is 86.7 Å². The Labute approximate surface area is 133 Å². The maximum Gasteiger partial charge on any atom is 0.336 e. The largest absolute Gasteiger partial charge is 0.478 e. The average Bonchev–Trinajstić information content (AvgIpc) is 2.54. The Hall–Kier alpha value is -3.15. The highest BCUT2D eigenvalue weighted by atomic mass is 16.4. The van der Waals surface area contributed by atoms with Crippen molar-refractivity contribution in [1.82, 2.24) is 4.90 Å². The van der Waals surface area contributed by atoms with E-state index in [1.165, 1.54) is 17.0 Å². The molecule has 0 aliphatic heterocycles. The van der Waals surface area contributed by atoms with E-state index in [9.17, 15) is 14.4 Å². The number of carboxylic acids is 1. The van der Waals surface area contributed by atoms with Crippen LogP contribution in [0.4, 0.5) is 5.69 Å². The van der Waals surface area contributed by atoms with E-state index in [0.29, 0.717) is 11.3 Å². The summed E-state index contributed by atoms with van der Waals surface area (Å²) < 4.78 is 0. The van der Waals surface area contributed by atoms with Crippen molar-refractivity contribution in [2.75, 3.05) is 19.4 Å². The summed E-state index contributed by atoms with van der Waals surface area (Å²) in [7, 11) is 3.22. The van der Waals surface area contributed by atoms with Gasteiger partial charge in [0.2, 0.25) is 0 Å². The number of para-hydroxylation sites is 1. The minimum absolute atomic E-state index is 0.0344. The second-order valence-electron chi connectivity index (χ2n) is 5.05. The first-order chi connectivity index (χ1) is 10.9. The highest BCUT2D eigenvalue weighted by Gasteiger charge is 2.19. The second kappa shape index (κ2) is 6.74. The van der Waals surface area contributed by atoms with Gasteiger partial charge in [0.1, 0.15) is 0 Å². The third-order valence-electron chi connectivity index (χ3n) is 3.21. The fourth-order valence-electron chi connectivity index (χ4n) is 2.08. The molecule has 0 aromatic heterocycles.